The average molecular weight is 1010 g/mol. The number of carbonyl (C=O) groups is 5. The third kappa shape index (κ3) is 10.6. The smallest absolute Gasteiger partial charge is 0.335 e. The lowest BCUT2D eigenvalue weighted by molar-refractivity contribution is -0.198. The predicted molar refractivity (Wildman–Crippen MR) is 272 cm³/mol. The third-order valence-corrected chi connectivity index (χ3v) is 13.5. The first kappa shape index (κ1) is 49.8. The second-order valence-electron chi connectivity index (χ2n) is 18.7. The molecule has 0 bridgehead atoms. The lowest BCUT2D eigenvalue weighted by Crippen LogP contribution is -2.39. The van der Waals surface area contributed by atoms with E-state index in [1.54, 1.807) is 24.0 Å². The number of amides is 4. The molecule has 1 unspecified atom stereocenters. The molecule has 18 heteroatoms. The minimum atomic E-state index is -0.730. The second kappa shape index (κ2) is 22.1. The number of methoxy groups -OCH3 is 1. The van der Waals surface area contributed by atoms with Gasteiger partial charge in [-0.05, 0) is 83.6 Å². The van der Waals surface area contributed by atoms with E-state index < -0.39 is 23.7 Å². The van der Waals surface area contributed by atoms with Crippen molar-refractivity contribution in [3.63, 3.8) is 0 Å². The number of aliphatic imine (C=N–C) groups is 1. The lowest BCUT2D eigenvalue weighted by atomic mass is 10.1. The van der Waals surface area contributed by atoms with Gasteiger partial charge in [-0.25, -0.2) is 4.79 Å². The fourth-order valence-corrected chi connectivity index (χ4v) is 9.83. The summed E-state index contributed by atoms with van der Waals surface area (Å²) in [4.78, 5) is 77.3. The minimum Gasteiger partial charge on any atom is -0.493 e. The Bertz CT molecular complexity index is 3010. The summed E-state index contributed by atoms with van der Waals surface area (Å²) >= 11 is 0. The highest BCUT2D eigenvalue weighted by molar-refractivity contribution is 6.15. The highest BCUT2D eigenvalue weighted by Gasteiger charge is 2.40. The first-order valence-electron chi connectivity index (χ1n) is 24.8. The number of rotatable bonds is 21. The van der Waals surface area contributed by atoms with Crippen LogP contribution in [0.2, 0.25) is 0 Å². The lowest BCUT2D eigenvalue weighted by Gasteiger charge is -2.22. The Morgan fingerprint density at radius 2 is 1.32 bits per heavy atom. The first-order valence-corrected chi connectivity index (χ1v) is 24.8. The zero-order chi connectivity index (χ0) is 51.3. The van der Waals surface area contributed by atoms with Crippen molar-refractivity contribution in [1.29, 1.82) is 0 Å². The Kier molecular flexibility index (Phi) is 14.9. The van der Waals surface area contributed by atoms with Gasteiger partial charge in [0, 0.05) is 55.0 Å². The van der Waals surface area contributed by atoms with E-state index in [0.717, 1.165) is 45.7 Å². The van der Waals surface area contributed by atoms with Crippen molar-refractivity contribution in [2.75, 3.05) is 75.0 Å². The van der Waals surface area contributed by atoms with Crippen molar-refractivity contribution in [1.82, 2.24) is 5.06 Å². The number of hydrogen-bond acceptors (Lipinski definition) is 15. The van der Waals surface area contributed by atoms with Crippen molar-refractivity contribution in [3.05, 3.63) is 130 Å². The van der Waals surface area contributed by atoms with Gasteiger partial charge in [0.2, 0.25) is 0 Å². The van der Waals surface area contributed by atoms with Gasteiger partial charge in [0.1, 0.15) is 31.3 Å². The fourth-order valence-electron chi connectivity index (χ4n) is 9.83. The SMILES string of the molecule is COc1cc2c(cc1OCc1cc(COc3cc4c(cc3C)C(=O)N3c5ccccc5C[C@H]3CN4)cc(OCCOCCOCCOCCC(=O)ON3C(=O)CC(C)C3=O)c1)N=C[C@@H]1Cc3ccccc3N1C2=O. The largest absolute Gasteiger partial charge is 0.493 e. The molecule has 18 nitrogen and oxygen atoms in total. The molecule has 1 saturated heterocycles. The molecule has 5 aromatic carbocycles. The molecule has 3 atom stereocenters. The van der Waals surface area contributed by atoms with Crippen LogP contribution in [0.15, 0.2) is 96.0 Å². The quantitative estimate of drug-likeness (QED) is 0.0577. The Balaban J connectivity index is 0.761. The molecule has 74 heavy (non-hydrogen) atoms. The van der Waals surface area contributed by atoms with Crippen LogP contribution in [0, 0.1) is 12.8 Å². The summed E-state index contributed by atoms with van der Waals surface area (Å²) in [5, 5.41) is 4.05. The fraction of sp³-hybridized carbons (Fsp3) is 0.357. The zero-order valence-electron chi connectivity index (χ0n) is 41.5. The van der Waals surface area contributed by atoms with Gasteiger partial charge in [0.15, 0.2) is 11.5 Å². The molecule has 0 radical (unpaired) electrons. The molecule has 5 aliphatic rings. The van der Waals surface area contributed by atoms with E-state index in [1.165, 1.54) is 12.7 Å². The Morgan fingerprint density at radius 1 is 0.676 bits per heavy atom. The van der Waals surface area contributed by atoms with Crippen molar-refractivity contribution < 1.29 is 62.0 Å². The van der Waals surface area contributed by atoms with Gasteiger partial charge in [-0.15, -0.1) is 5.06 Å². The number of imide groups is 1. The third-order valence-electron chi connectivity index (χ3n) is 13.5. The Labute approximate surface area is 428 Å². The van der Waals surface area contributed by atoms with Crippen LogP contribution >= 0.6 is 0 Å². The molecule has 4 amide bonds. The van der Waals surface area contributed by atoms with Crippen LogP contribution in [0.1, 0.15) is 68.3 Å². The average Bonchev–Trinajstić information content (AvgIpc) is 3.99. The van der Waals surface area contributed by atoms with E-state index >= 15 is 0 Å². The summed E-state index contributed by atoms with van der Waals surface area (Å²) in [6.07, 6.45) is 3.18. The molecule has 0 spiro atoms. The summed E-state index contributed by atoms with van der Waals surface area (Å²) in [5.74, 6) is -0.484. The summed E-state index contributed by atoms with van der Waals surface area (Å²) < 4.78 is 41.7. The first-order chi connectivity index (χ1) is 36.0. The molecule has 1 fully saturated rings. The number of hydroxylamine groups is 2. The number of anilines is 3. The summed E-state index contributed by atoms with van der Waals surface area (Å²) in [6.45, 7) is 6.07. The van der Waals surface area contributed by atoms with Crippen LogP contribution in [0.25, 0.3) is 0 Å². The number of ether oxygens (including phenoxy) is 7. The van der Waals surface area contributed by atoms with Crippen molar-refractivity contribution in [2.24, 2.45) is 10.9 Å². The van der Waals surface area contributed by atoms with E-state index in [4.69, 9.17) is 43.0 Å². The molecule has 384 valence electrons. The topological polar surface area (TPSA) is 193 Å². The maximum absolute atomic E-state index is 14.0. The van der Waals surface area contributed by atoms with Gasteiger partial charge in [-0.1, -0.05) is 43.3 Å². The number of carbonyl (C=O) groups excluding carboxylic acids is 5. The van der Waals surface area contributed by atoms with Crippen molar-refractivity contribution in [3.8, 4) is 23.0 Å². The molecular weight excluding hydrogens is 951 g/mol. The van der Waals surface area contributed by atoms with E-state index in [-0.39, 0.29) is 83.0 Å². The van der Waals surface area contributed by atoms with Crippen LogP contribution in [0.5, 0.6) is 23.0 Å². The predicted octanol–water partition coefficient (Wildman–Crippen LogP) is 7.12. The highest BCUT2D eigenvalue weighted by Crippen LogP contribution is 2.42. The van der Waals surface area contributed by atoms with Crippen LogP contribution in [-0.4, -0.2) is 113 Å². The molecule has 10 rings (SSSR count). The molecule has 1 N–H and O–H groups in total. The number of nitrogens with zero attached hydrogens (tertiary/aromatic N) is 4. The van der Waals surface area contributed by atoms with E-state index in [9.17, 15) is 24.0 Å². The van der Waals surface area contributed by atoms with Gasteiger partial charge < -0.3 is 48.2 Å². The van der Waals surface area contributed by atoms with Crippen molar-refractivity contribution in [2.45, 2.75) is 64.8 Å². The highest BCUT2D eigenvalue weighted by atomic mass is 16.7. The van der Waals surface area contributed by atoms with Gasteiger partial charge in [0.05, 0.1) is 87.8 Å². The molecule has 0 aliphatic carbocycles. The molecule has 5 aliphatic heterocycles. The second-order valence-corrected chi connectivity index (χ2v) is 18.7. The van der Waals surface area contributed by atoms with Crippen LogP contribution in [-0.2, 0) is 59.5 Å². The van der Waals surface area contributed by atoms with Gasteiger partial charge >= 0.3 is 5.97 Å². The van der Waals surface area contributed by atoms with Gasteiger partial charge in [-0.3, -0.25) is 29.1 Å². The monoisotopic (exact) mass is 1010 g/mol. The number of nitrogens with one attached hydrogen (secondary N) is 1. The number of hydrogen-bond donors (Lipinski definition) is 1. The maximum Gasteiger partial charge on any atom is 0.335 e. The molecule has 0 saturated carbocycles. The summed E-state index contributed by atoms with van der Waals surface area (Å²) in [7, 11) is 1.54. The standard InChI is InChI=1S/C56H57N5O13/c1-34-20-43-45(57-30-40-25-38-8-4-6-10-47(38)59(40)55(43)65)28-49(34)72-32-36-22-37(33-73-51-29-46-44(27-50(51)67-3)56(66)60-41(31-58-46)26-39-9-5-7-11-48(39)60)24-42(23-36)71-19-18-70-17-16-69-15-14-68-13-12-53(63)74-61-52(62)21-35(2)54(61)64/h4-11,20,22-24,27-29,31,35,40-41,57H,12-19,21,25-26,30,32-33H2,1-3H3/t35?,40-,41-/m0/s1. The Morgan fingerprint density at radius 3 is 2.03 bits per heavy atom. The molecule has 5 aromatic rings. The van der Waals surface area contributed by atoms with E-state index in [2.05, 4.69) is 11.4 Å². The maximum atomic E-state index is 14.0. The van der Waals surface area contributed by atoms with Gasteiger partial charge in [-0.2, -0.15) is 0 Å². The zero-order valence-corrected chi connectivity index (χ0v) is 41.5. The minimum absolute atomic E-state index is 0.00899. The normalized spacial score (nSPS) is 18.1. The molecule has 0 aromatic heterocycles. The van der Waals surface area contributed by atoms with E-state index in [0.29, 0.717) is 71.1 Å². The van der Waals surface area contributed by atoms with Gasteiger partial charge in [0.25, 0.3) is 23.6 Å². The number of benzene rings is 5. The number of aryl methyl sites for hydroxylation is 1. The number of para-hydroxylation sites is 2. The Hall–Kier alpha value is -7.80. The van der Waals surface area contributed by atoms with Crippen LogP contribution in [0.4, 0.5) is 22.7 Å². The summed E-state index contributed by atoms with van der Waals surface area (Å²) in [5.41, 5.74) is 8.73. The number of fused-ring (bicyclic) bond motifs is 8. The molecule has 5 heterocycles. The molecular formula is C56H57N5O13. The van der Waals surface area contributed by atoms with Crippen molar-refractivity contribution >= 4 is 58.6 Å². The summed E-state index contributed by atoms with van der Waals surface area (Å²) in [6, 6.07) is 28.8. The van der Waals surface area contributed by atoms with Crippen LogP contribution in [0.3, 0.4) is 0 Å². The van der Waals surface area contributed by atoms with E-state index in [1.807, 2.05) is 90.8 Å². The van der Waals surface area contributed by atoms with Crippen LogP contribution < -0.4 is 34.1 Å².